The summed E-state index contributed by atoms with van der Waals surface area (Å²) in [4.78, 5) is 0. The maximum absolute atomic E-state index is 5.75. The van der Waals surface area contributed by atoms with Gasteiger partial charge in [-0.2, -0.15) is 0 Å². The van der Waals surface area contributed by atoms with Gasteiger partial charge in [-0.25, -0.2) is 0 Å². The molecule has 0 bridgehead atoms. The molecule has 2 heterocycles. The van der Waals surface area contributed by atoms with Crippen LogP contribution < -0.4 is 4.74 Å². The van der Waals surface area contributed by atoms with E-state index in [1.807, 2.05) is 57.2 Å². The summed E-state index contributed by atoms with van der Waals surface area (Å²) >= 11 is 1.52. The van der Waals surface area contributed by atoms with Gasteiger partial charge < -0.3 is 9.15 Å². The van der Waals surface area contributed by atoms with Gasteiger partial charge in [-0.15, -0.1) is 20.4 Å². The molecule has 0 aliphatic carbocycles. The van der Waals surface area contributed by atoms with Crippen LogP contribution in [0, 0.1) is 6.92 Å². The topological polar surface area (TPSA) is 78.9 Å². The summed E-state index contributed by atoms with van der Waals surface area (Å²) in [5.74, 6) is 3.55. The van der Waals surface area contributed by atoms with E-state index in [0.29, 0.717) is 24.1 Å². The first-order chi connectivity index (χ1) is 15.0. The maximum Gasteiger partial charge on any atom is 0.226 e. The van der Waals surface area contributed by atoms with Gasteiger partial charge >= 0.3 is 0 Å². The van der Waals surface area contributed by atoms with Crippen LogP contribution in [-0.4, -0.2) is 31.6 Å². The summed E-state index contributed by atoms with van der Waals surface area (Å²) in [7, 11) is 0. The van der Waals surface area contributed by atoms with Gasteiger partial charge in [0.05, 0.1) is 12.4 Å². The minimum atomic E-state index is 0.201. The van der Waals surface area contributed by atoms with E-state index >= 15 is 0 Å². The van der Waals surface area contributed by atoms with Crippen molar-refractivity contribution < 1.29 is 9.15 Å². The number of aromatic nitrogens is 5. The minimum absolute atomic E-state index is 0.201. The highest BCUT2D eigenvalue weighted by atomic mass is 32.2. The quantitative estimate of drug-likeness (QED) is 0.341. The molecule has 0 radical (unpaired) electrons. The molecule has 4 aromatic rings. The molecule has 0 amide bonds. The number of rotatable bonds is 8. The van der Waals surface area contributed by atoms with Gasteiger partial charge in [0.2, 0.25) is 11.8 Å². The summed E-state index contributed by atoms with van der Waals surface area (Å²) in [5, 5.41) is 18.0. The van der Waals surface area contributed by atoms with E-state index in [9.17, 15) is 0 Å². The van der Waals surface area contributed by atoms with Crippen molar-refractivity contribution in [3.8, 4) is 22.8 Å². The van der Waals surface area contributed by atoms with E-state index in [1.165, 1.54) is 17.3 Å². The summed E-state index contributed by atoms with van der Waals surface area (Å²) in [6, 6.07) is 16.2. The number of ether oxygens (including phenoxy) is 1. The second-order valence-electron chi connectivity index (χ2n) is 7.42. The Balaban J connectivity index is 1.69. The first-order valence-electron chi connectivity index (χ1n) is 10.3. The average molecular weight is 436 g/mol. The molecule has 31 heavy (non-hydrogen) atoms. The third kappa shape index (κ3) is 4.80. The fraction of sp³-hybridized carbons (Fsp3) is 0.304. The number of hydrogen-bond donors (Lipinski definition) is 0. The van der Waals surface area contributed by atoms with Crippen molar-refractivity contribution in [1.29, 1.82) is 0 Å². The van der Waals surface area contributed by atoms with Gasteiger partial charge in [-0.1, -0.05) is 49.4 Å². The molecule has 2 aromatic heterocycles. The van der Waals surface area contributed by atoms with Gasteiger partial charge in [0.25, 0.3) is 0 Å². The van der Waals surface area contributed by atoms with E-state index in [0.717, 1.165) is 28.0 Å². The van der Waals surface area contributed by atoms with Gasteiger partial charge in [-0.3, -0.25) is 4.57 Å². The van der Waals surface area contributed by atoms with E-state index in [-0.39, 0.29) is 5.92 Å². The summed E-state index contributed by atoms with van der Waals surface area (Å²) in [6.45, 7) is 8.73. The number of benzene rings is 2. The first-order valence-corrected chi connectivity index (χ1v) is 11.2. The lowest BCUT2D eigenvalue weighted by molar-refractivity contribution is 0.340. The average Bonchev–Trinajstić information content (AvgIpc) is 3.40. The van der Waals surface area contributed by atoms with Gasteiger partial charge in [0, 0.05) is 17.2 Å². The van der Waals surface area contributed by atoms with Crippen molar-refractivity contribution in [2.75, 3.05) is 6.61 Å². The first kappa shape index (κ1) is 21.1. The highest BCUT2D eigenvalue weighted by Crippen LogP contribution is 2.31. The van der Waals surface area contributed by atoms with Crippen molar-refractivity contribution in [2.24, 2.45) is 0 Å². The molecule has 2 aromatic carbocycles. The van der Waals surface area contributed by atoms with Crippen LogP contribution in [0.3, 0.4) is 0 Å². The molecule has 7 nitrogen and oxygen atoms in total. The lowest BCUT2D eigenvalue weighted by atomic mass is 10.1. The van der Waals surface area contributed by atoms with E-state index < -0.39 is 0 Å². The predicted octanol–water partition coefficient (Wildman–Crippen LogP) is 5.44. The summed E-state index contributed by atoms with van der Waals surface area (Å²) in [5.41, 5.74) is 3.13. The predicted molar refractivity (Wildman–Crippen MR) is 121 cm³/mol. The monoisotopic (exact) mass is 435 g/mol. The van der Waals surface area contributed by atoms with E-state index in [1.54, 1.807) is 0 Å². The van der Waals surface area contributed by atoms with Gasteiger partial charge in [-0.05, 0) is 44.2 Å². The van der Waals surface area contributed by atoms with Crippen LogP contribution in [0.4, 0.5) is 0 Å². The van der Waals surface area contributed by atoms with Crippen LogP contribution in [-0.2, 0) is 5.75 Å². The summed E-state index contributed by atoms with van der Waals surface area (Å²) in [6.07, 6.45) is 0. The van der Waals surface area contributed by atoms with Crippen molar-refractivity contribution in [2.45, 2.75) is 44.5 Å². The van der Waals surface area contributed by atoms with Gasteiger partial charge in [0.1, 0.15) is 5.75 Å². The molecule has 0 unspecified atom stereocenters. The lowest BCUT2D eigenvalue weighted by Crippen LogP contribution is -2.00. The fourth-order valence-corrected chi connectivity index (χ4v) is 3.90. The smallest absolute Gasteiger partial charge is 0.226 e. The Morgan fingerprint density at radius 2 is 1.84 bits per heavy atom. The molecule has 0 saturated carbocycles. The minimum Gasteiger partial charge on any atom is -0.494 e. The fourth-order valence-electron chi connectivity index (χ4n) is 3.11. The molecule has 8 heteroatoms. The number of thioether (sulfide) groups is 1. The highest BCUT2D eigenvalue weighted by Gasteiger charge is 2.18. The summed E-state index contributed by atoms with van der Waals surface area (Å²) < 4.78 is 13.4. The standard InChI is InChI=1S/C23H25N5O2S/c1-5-29-19-11-9-18(10-12-19)28-21(17-8-6-7-16(4)13-17)25-27-23(28)31-14-20-24-26-22(30-20)15(2)3/h6-13,15H,5,14H2,1-4H3. The molecule has 0 aliphatic rings. The Morgan fingerprint density at radius 1 is 1.03 bits per heavy atom. The van der Waals surface area contributed by atoms with E-state index in [2.05, 4.69) is 44.0 Å². The normalized spacial score (nSPS) is 11.3. The molecule has 0 aliphatic heterocycles. The van der Waals surface area contributed by atoms with E-state index in [4.69, 9.17) is 9.15 Å². The zero-order chi connectivity index (χ0) is 21.8. The Bertz CT molecular complexity index is 1150. The largest absolute Gasteiger partial charge is 0.494 e. The van der Waals surface area contributed by atoms with Crippen molar-refractivity contribution >= 4 is 11.8 Å². The highest BCUT2D eigenvalue weighted by molar-refractivity contribution is 7.98. The molecule has 0 atom stereocenters. The maximum atomic E-state index is 5.75. The number of hydrogen-bond acceptors (Lipinski definition) is 7. The Hall–Kier alpha value is -3.13. The molecular formula is C23H25N5O2S. The second kappa shape index (κ2) is 9.34. The van der Waals surface area contributed by atoms with Crippen LogP contribution in [0.5, 0.6) is 5.75 Å². The van der Waals surface area contributed by atoms with Crippen LogP contribution in [0.2, 0.25) is 0 Å². The lowest BCUT2D eigenvalue weighted by Gasteiger charge is -2.11. The van der Waals surface area contributed by atoms with Crippen LogP contribution in [0.25, 0.3) is 17.1 Å². The Labute approximate surface area is 185 Å². The Morgan fingerprint density at radius 3 is 2.52 bits per heavy atom. The SMILES string of the molecule is CCOc1ccc(-n2c(SCc3nnc(C(C)C)o3)nnc2-c2cccc(C)c2)cc1. The molecule has 0 fully saturated rings. The molecule has 160 valence electrons. The van der Waals surface area contributed by atoms with Crippen LogP contribution in [0.1, 0.15) is 44.0 Å². The zero-order valence-electron chi connectivity index (χ0n) is 18.1. The molecule has 0 saturated heterocycles. The van der Waals surface area contributed by atoms with Crippen LogP contribution >= 0.6 is 11.8 Å². The van der Waals surface area contributed by atoms with Crippen molar-refractivity contribution in [3.05, 3.63) is 65.9 Å². The molecule has 0 spiro atoms. The Kier molecular flexibility index (Phi) is 6.36. The van der Waals surface area contributed by atoms with Crippen molar-refractivity contribution in [3.63, 3.8) is 0 Å². The molecule has 0 N–H and O–H groups in total. The zero-order valence-corrected chi connectivity index (χ0v) is 18.9. The van der Waals surface area contributed by atoms with Crippen molar-refractivity contribution in [1.82, 2.24) is 25.0 Å². The van der Waals surface area contributed by atoms with Crippen LogP contribution in [0.15, 0.2) is 58.1 Å². The third-order valence-corrected chi connectivity index (χ3v) is 5.53. The molecule has 4 rings (SSSR count). The number of aryl methyl sites for hydroxylation is 1. The number of nitrogens with zero attached hydrogens (tertiary/aromatic N) is 5. The second-order valence-corrected chi connectivity index (χ2v) is 8.36. The molecular weight excluding hydrogens is 410 g/mol. The third-order valence-electron chi connectivity index (χ3n) is 4.62. The van der Waals surface area contributed by atoms with Gasteiger partial charge in [0.15, 0.2) is 11.0 Å².